The number of benzene rings is 2. The highest BCUT2D eigenvalue weighted by Gasteiger charge is 2.23. The molecule has 0 radical (unpaired) electrons. The first-order valence-corrected chi connectivity index (χ1v) is 17.2. The number of oxazole rings is 2. The van der Waals surface area contributed by atoms with Crippen LogP contribution in [0.4, 0.5) is 23.5 Å². The average Bonchev–Trinajstić information content (AvgIpc) is 4.03. The van der Waals surface area contributed by atoms with Crippen LogP contribution >= 0.6 is 0 Å². The van der Waals surface area contributed by atoms with Gasteiger partial charge in [0.25, 0.3) is 5.78 Å². The summed E-state index contributed by atoms with van der Waals surface area (Å²) < 4.78 is 71.0. The van der Waals surface area contributed by atoms with Crippen LogP contribution in [0.3, 0.4) is 0 Å². The summed E-state index contributed by atoms with van der Waals surface area (Å²) in [5.74, 6) is 4.87. The monoisotopic (exact) mass is 780 g/mol. The molecule has 0 aliphatic carbocycles. The van der Waals surface area contributed by atoms with E-state index < -0.39 is 23.3 Å². The number of anilines is 1. The van der Waals surface area contributed by atoms with Crippen LogP contribution in [-0.4, -0.2) is 54.6 Å². The largest absolute Gasteiger partial charge is 0.432 e. The third-order valence-electron chi connectivity index (χ3n) is 8.30. The third-order valence-corrected chi connectivity index (χ3v) is 8.30. The molecule has 0 saturated carbocycles. The number of hydrogen-bond donors (Lipinski definition) is 2. The second-order valence-corrected chi connectivity index (χ2v) is 13.0. The van der Waals surface area contributed by atoms with Crippen molar-refractivity contribution in [3.8, 4) is 45.0 Å². The molecule has 3 N–H and O–H groups in total. The summed E-state index contributed by atoms with van der Waals surface area (Å²) in [6.07, 6.45) is 13.7. The smallest absolute Gasteiger partial charge is 0.306 e. The molecule has 15 nitrogen and oxygen atoms in total. The number of imidazole rings is 2. The van der Waals surface area contributed by atoms with E-state index in [0.29, 0.717) is 45.5 Å². The van der Waals surface area contributed by atoms with Crippen LogP contribution in [0.2, 0.25) is 0 Å². The lowest BCUT2D eigenvalue weighted by molar-refractivity contribution is -0.110. The summed E-state index contributed by atoms with van der Waals surface area (Å²) in [5, 5.41) is 8.26. The van der Waals surface area contributed by atoms with Crippen molar-refractivity contribution in [2.24, 2.45) is 11.8 Å². The van der Waals surface area contributed by atoms with Crippen molar-refractivity contribution >= 4 is 29.7 Å². The van der Waals surface area contributed by atoms with E-state index in [9.17, 15) is 22.4 Å². The molecule has 0 amide bonds. The Balaban J connectivity index is 0.000000157. The fourth-order valence-electron chi connectivity index (χ4n) is 5.71. The first kappa shape index (κ1) is 38.0. The SMILES string of the molecule is CC(C)C=O.CC(C)c1nnc2ncc(-c3c(-c4ccc(F)cc4F)nc4occn34)cn12.NNc1ncc(-c2c(-c3ccc(F)cc3F)nc3occn23)cn1. The van der Waals surface area contributed by atoms with Crippen molar-refractivity contribution in [2.45, 2.75) is 33.6 Å². The van der Waals surface area contributed by atoms with Crippen LogP contribution in [0.5, 0.6) is 0 Å². The number of nitrogens with two attached hydrogens (primary N) is 1. The van der Waals surface area contributed by atoms with Crippen molar-refractivity contribution in [3.05, 3.63) is 115 Å². The van der Waals surface area contributed by atoms with Crippen molar-refractivity contribution in [1.29, 1.82) is 0 Å². The number of nitrogens with zero attached hydrogens (tertiary/aromatic N) is 10. The van der Waals surface area contributed by atoms with Crippen molar-refractivity contribution in [2.75, 3.05) is 5.43 Å². The van der Waals surface area contributed by atoms with Gasteiger partial charge in [0.2, 0.25) is 5.95 Å². The molecular formula is C38H32F4N12O3. The van der Waals surface area contributed by atoms with Gasteiger partial charge in [-0.05, 0) is 24.3 Å². The van der Waals surface area contributed by atoms with E-state index in [2.05, 4.69) is 40.5 Å². The second-order valence-electron chi connectivity index (χ2n) is 13.0. The molecule has 0 bridgehead atoms. The number of fused-ring (bicyclic) bond motifs is 3. The minimum Gasteiger partial charge on any atom is -0.432 e. The highest BCUT2D eigenvalue weighted by Crippen LogP contribution is 2.36. The number of carbonyl (C=O) groups is 1. The lowest BCUT2D eigenvalue weighted by Gasteiger charge is -2.07. The van der Waals surface area contributed by atoms with Crippen LogP contribution in [-0.2, 0) is 4.79 Å². The summed E-state index contributed by atoms with van der Waals surface area (Å²) >= 11 is 0. The molecule has 19 heteroatoms. The van der Waals surface area contributed by atoms with Gasteiger partial charge in [-0.2, -0.15) is 9.97 Å². The Bertz CT molecular complexity index is 2840. The molecule has 0 fully saturated rings. The molecule has 57 heavy (non-hydrogen) atoms. The first-order chi connectivity index (χ1) is 27.5. The zero-order chi connectivity index (χ0) is 40.4. The number of hydrogen-bond acceptors (Lipinski definition) is 12. The van der Waals surface area contributed by atoms with E-state index in [1.807, 2.05) is 33.9 Å². The van der Waals surface area contributed by atoms with Gasteiger partial charge in [-0.25, -0.2) is 38.4 Å². The van der Waals surface area contributed by atoms with Gasteiger partial charge in [0.05, 0.1) is 11.4 Å². The summed E-state index contributed by atoms with van der Waals surface area (Å²) in [6, 6.07) is 6.69. The van der Waals surface area contributed by atoms with Crippen molar-refractivity contribution < 1.29 is 31.2 Å². The van der Waals surface area contributed by atoms with Crippen LogP contribution in [0, 0.1) is 29.2 Å². The lowest BCUT2D eigenvalue weighted by Crippen LogP contribution is -2.10. The number of nitrogens with one attached hydrogen (secondary N) is 1. The van der Waals surface area contributed by atoms with Gasteiger partial charge < -0.3 is 13.6 Å². The average molecular weight is 781 g/mol. The number of carbonyl (C=O) groups excluding carboxylic acids is 1. The van der Waals surface area contributed by atoms with E-state index in [1.165, 1.54) is 49.2 Å². The summed E-state index contributed by atoms with van der Waals surface area (Å²) in [4.78, 5) is 30.6. The third kappa shape index (κ3) is 7.55. The van der Waals surface area contributed by atoms with Gasteiger partial charge in [-0.15, -0.1) is 10.2 Å². The van der Waals surface area contributed by atoms with Crippen molar-refractivity contribution in [1.82, 2.24) is 48.3 Å². The number of nitrogen functional groups attached to an aromatic ring is 1. The number of halogens is 4. The highest BCUT2D eigenvalue weighted by molar-refractivity contribution is 5.82. The fourth-order valence-corrected chi connectivity index (χ4v) is 5.71. The molecule has 7 heterocycles. The molecule has 2 aromatic carbocycles. The van der Waals surface area contributed by atoms with E-state index in [1.54, 1.807) is 31.8 Å². The molecule has 0 spiro atoms. The van der Waals surface area contributed by atoms with E-state index in [4.69, 9.17) is 14.7 Å². The zero-order valence-electron chi connectivity index (χ0n) is 30.6. The van der Waals surface area contributed by atoms with Gasteiger partial charge in [0.15, 0.2) is 0 Å². The summed E-state index contributed by atoms with van der Waals surface area (Å²) in [6.45, 7) is 7.73. The Hall–Kier alpha value is -7.28. The molecule has 7 aromatic heterocycles. The molecule has 0 unspecified atom stereocenters. The minimum atomic E-state index is -0.724. The molecule has 0 saturated heterocycles. The molecular weight excluding hydrogens is 748 g/mol. The maximum absolute atomic E-state index is 14.5. The number of aldehydes is 1. The van der Waals surface area contributed by atoms with Gasteiger partial charge >= 0.3 is 11.7 Å². The second kappa shape index (κ2) is 15.8. The number of hydrazine groups is 1. The maximum Gasteiger partial charge on any atom is 0.306 e. The normalized spacial score (nSPS) is 11.3. The summed E-state index contributed by atoms with van der Waals surface area (Å²) in [7, 11) is 0. The predicted molar refractivity (Wildman–Crippen MR) is 199 cm³/mol. The number of rotatable bonds is 7. The zero-order valence-corrected chi connectivity index (χ0v) is 30.6. The molecule has 9 rings (SSSR count). The Labute approximate surface area is 319 Å². The molecule has 0 aliphatic heterocycles. The Morgan fingerprint density at radius 3 is 1.70 bits per heavy atom. The van der Waals surface area contributed by atoms with E-state index >= 15 is 0 Å². The van der Waals surface area contributed by atoms with Gasteiger partial charge in [0.1, 0.15) is 59.3 Å². The quantitative estimate of drug-likeness (QED) is 0.0701. The molecule has 0 aliphatic rings. The Morgan fingerprint density at radius 1 is 0.719 bits per heavy atom. The van der Waals surface area contributed by atoms with Crippen LogP contribution in [0.25, 0.3) is 62.5 Å². The predicted octanol–water partition coefficient (Wildman–Crippen LogP) is 7.56. The molecule has 290 valence electrons. The lowest BCUT2D eigenvalue weighted by atomic mass is 10.1. The topological polar surface area (TPSA) is 185 Å². The van der Waals surface area contributed by atoms with Gasteiger partial charge in [-0.1, -0.05) is 27.7 Å². The maximum atomic E-state index is 14.5. The number of aromatic nitrogens is 10. The first-order valence-electron chi connectivity index (χ1n) is 17.2. The van der Waals surface area contributed by atoms with Gasteiger partial charge in [-0.3, -0.25) is 18.6 Å². The van der Waals surface area contributed by atoms with E-state index in [-0.39, 0.29) is 34.8 Å². The Morgan fingerprint density at radius 2 is 1.23 bits per heavy atom. The van der Waals surface area contributed by atoms with Crippen LogP contribution in [0.1, 0.15) is 39.4 Å². The van der Waals surface area contributed by atoms with Crippen molar-refractivity contribution in [3.63, 3.8) is 0 Å². The van der Waals surface area contributed by atoms with E-state index in [0.717, 1.165) is 24.2 Å². The van der Waals surface area contributed by atoms with Gasteiger partial charge in [0, 0.05) is 83.4 Å². The standard InChI is InChI=1S/C19H14F2N6O.C15H10F2N6O.C4H8O/c1-10(2)17-24-25-18-22-8-11(9-27(17)18)16-15(23-19-26(16)5-6-28-19)13-4-3-12(20)7-14(13)21;16-9-1-2-10(11(17)5-9)12-13(23-3-4-24-15(23)21-12)8-6-19-14(22-18)20-7-8;1-4(2)3-5/h3-10H,1-2H3;1-7H,18H2,(H,19,20,22);3-4H,1-2H3. The fraction of sp³-hybridized carbons (Fsp3) is 0.158. The Kier molecular flexibility index (Phi) is 10.6. The minimum absolute atomic E-state index is 0.139. The summed E-state index contributed by atoms with van der Waals surface area (Å²) in [5.41, 5.74) is 5.61. The van der Waals surface area contributed by atoms with Crippen LogP contribution < -0.4 is 11.3 Å². The molecule has 0 atom stereocenters. The van der Waals surface area contributed by atoms with Crippen LogP contribution in [0.15, 0.2) is 94.9 Å². The highest BCUT2D eigenvalue weighted by atomic mass is 19.1. The molecule has 9 aromatic rings.